The first-order valence-electron chi connectivity index (χ1n) is 10.7. The Morgan fingerprint density at radius 1 is 1.09 bits per heavy atom. The molecule has 1 atom stereocenters. The van der Waals surface area contributed by atoms with E-state index in [1.54, 1.807) is 18.2 Å². The fraction of sp³-hybridized carbons (Fsp3) is 0.240. The molecule has 1 N–H and O–H groups in total. The minimum atomic E-state index is -0.319. The molecule has 0 radical (unpaired) electrons. The summed E-state index contributed by atoms with van der Waals surface area (Å²) >= 11 is 1.34. The Morgan fingerprint density at radius 2 is 1.84 bits per heavy atom. The zero-order valence-corrected chi connectivity index (χ0v) is 18.5. The molecular formula is C25H23FN4OS. The Morgan fingerprint density at radius 3 is 2.62 bits per heavy atom. The number of carbonyl (C=O) groups excluding carboxylic acids is 1. The maximum atomic E-state index is 14.3. The van der Waals surface area contributed by atoms with Crippen LogP contribution in [0.5, 0.6) is 0 Å². The maximum Gasteiger partial charge on any atom is 0.230 e. The number of hydrogen-bond donors (Lipinski definition) is 1. The second-order valence-corrected chi connectivity index (χ2v) is 9.01. The van der Waals surface area contributed by atoms with E-state index < -0.39 is 0 Å². The van der Waals surface area contributed by atoms with Gasteiger partial charge in [0.25, 0.3) is 0 Å². The van der Waals surface area contributed by atoms with Gasteiger partial charge in [-0.15, -0.1) is 10.2 Å². The quantitative estimate of drug-likeness (QED) is 0.379. The third-order valence-electron chi connectivity index (χ3n) is 5.67. The molecule has 3 aromatic carbocycles. The van der Waals surface area contributed by atoms with Gasteiger partial charge in [-0.2, -0.15) is 0 Å². The molecule has 1 saturated carbocycles. The van der Waals surface area contributed by atoms with Gasteiger partial charge in [-0.05, 0) is 54.3 Å². The van der Waals surface area contributed by atoms with E-state index in [2.05, 4.69) is 39.8 Å². The molecule has 1 amide bonds. The van der Waals surface area contributed by atoms with Crippen molar-refractivity contribution in [1.29, 1.82) is 0 Å². The van der Waals surface area contributed by atoms with Gasteiger partial charge in [-0.25, -0.2) is 4.39 Å². The minimum Gasteiger partial charge on any atom is -0.349 e. The summed E-state index contributed by atoms with van der Waals surface area (Å²) in [5.74, 6) is 0.354. The van der Waals surface area contributed by atoms with Gasteiger partial charge in [0.15, 0.2) is 11.0 Å². The molecule has 1 unspecified atom stereocenters. The van der Waals surface area contributed by atoms with Crippen LogP contribution in [0, 0.1) is 5.82 Å². The van der Waals surface area contributed by atoms with Gasteiger partial charge in [0, 0.05) is 6.04 Å². The van der Waals surface area contributed by atoms with E-state index in [1.165, 1.54) is 23.2 Å². The van der Waals surface area contributed by atoms with Gasteiger partial charge in [0.05, 0.1) is 17.4 Å². The molecule has 5 rings (SSSR count). The van der Waals surface area contributed by atoms with E-state index in [9.17, 15) is 9.18 Å². The molecule has 0 spiro atoms. The normalized spacial score (nSPS) is 14.4. The van der Waals surface area contributed by atoms with Crippen LogP contribution in [0.2, 0.25) is 0 Å². The summed E-state index contributed by atoms with van der Waals surface area (Å²) in [5, 5.41) is 14.6. The fourth-order valence-electron chi connectivity index (χ4n) is 3.84. The van der Waals surface area contributed by atoms with Crippen LogP contribution in [-0.4, -0.2) is 26.4 Å². The highest BCUT2D eigenvalue weighted by molar-refractivity contribution is 7.99. The Labute approximate surface area is 190 Å². The van der Waals surface area contributed by atoms with Crippen LogP contribution in [0.25, 0.3) is 22.2 Å². The smallest absolute Gasteiger partial charge is 0.230 e. The third kappa shape index (κ3) is 4.25. The molecule has 1 aromatic heterocycles. The van der Waals surface area contributed by atoms with Crippen LogP contribution in [0.15, 0.2) is 71.9 Å². The molecule has 4 aromatic rings. The number of thioether (sulfide) groups is 1. The Balaban J connectivity index is 1.27. The zero-order valence-electron chi connectivity index (χ0n) is 17.7. The van der Waals surface area contributed by atoms with Gasteiger partial charge in [-0.1, -0.05) is 60.3 Å². The number of rotatable bonds is 7. The molecule has 1 aliphatic carbocycles. The van der Waals surface area contributed by atoms with E-state index in [0.717, 1.165) is 23.8 Å². The highest BCUT2D eigenvalue weighted by Crippen LogP contribution is 2.41. The number of halogens is 1. The number of nitrogens with one attached hydrogen (secondary N) is 1. The third-order valence-corrected chi connectivity index (χ3v) is 6.62. The van der Waals surface area contributed by atoms with Crippen molar-refractivity contribution in [3.63, 3.8) is 0 Å². The van der Waals surface area contributed by atoms with Crippen LogP contribution >= 0.6 is 11.8 Å². The minimum absolute atomic E-state index is 0.0755. The molecule has 0 bridgehead atoms. The highest BCUT2D eigenvalue weighted by Gasteiger charge is 2.31. The van der Waals surface area contributed by atoms with Crippen LogP contribution < -0.4 is 5.32 Å². The summed E-state index contributed by atoms with van der Waals surface area (Å²) < 4.78 is 16.3. The van der Waals surface area contributed by atoms with Crippen LogP contribution in [0.4, 0.5) is 4.39 Å². The molecule has 7 heteroatoms. The van der Waals surface area contributed by atoms with Crippen LogP contribution in [0.3, 0.4) is 0 Å². The highest BCUT2D eigenvalue weighted by atomic mass is 32.2. The molecule has 1 fully saturated rings. The van der Waals surface area contributed by atoms with Gasteiger partial charge < -0.3 is 5.32 Å². The van der Waals surface area contributed by atoms with Gasteiger partial charge in [0.1, 0.15) is 5.82 Å². The van der Waals surface area contributed by atoms with Crippen molar-refractivity contribution in [3.8, 4) is 11.4 Å². The summed E-state index contributed by atoms with van der Waals surface area (Å²) in [5.41, 5.74) is 1.50. The number of fused-ring (bicyclic) bond motifs is 1. The molecule has 5 nitrogen and oxygen atoms in total. The summed E-state index contributed by atoms with van der Waals surface area (Å²) in [6.45, 7) is 1.98. The average Bonchev–Trinajstić information content (AvgIpc) is 3.56. The van der Waals surface area contributed by atoms with Gasteiger partial charge in [-0.3, -0.25) is 9.36 Å². The van der Waals surface area contributed by atoms with Crippen molar-refractivity contribution >= 4 is 28.4 Å². The lowest BCUT2D eigenvalue weighted by Gasteiger charge is -2.15. The number of hydrogen-bond acceptors (Lipinski definition) is 4. The molecule has 32 heavy (non-hydrogen) atoms. The van der Waals surface area contributed by atoms with Crippen molar-refractivity contribution in [2.45, 2.75) is 37.0 Å². The zero-order chi connectivity index (χ0) is 22.1. The standard InChI is InChI=1S/C25H23FN4OS/c1-16(18-11-10-17-6-2-3-7-19(17)14-18)27-23(31)15-32-25-29-28-24(30(25)20-12-13-20)21-8-4-5-9-22(21)26/h2-11,14,16,20H,12-13,15H2,1H3,(H,27,31). The number of nitrogens with zero attached hydrogens (tertiary/aromatic N) is 3. The monoisotopic (exact) mass is 446 g/mol. The van der Waals surface area contributed by atoms with E-state index in [4.69, 9.17) is 0 Å². The SMILES string of the molecule is CC(NC(=O)CSc1nnc(-c2ccccc2F)n1C1CC1)c1ccc2ccccc2c1. The average molecular weight is 447 g/mol. The topological polar surface area (TPSA) is 59.8 Å². The van der Waals surface area contributed by atoms with Crippen molar-refractivity contribution in [2.75, 3.05) is 5.75 Å². The summed E-state index contributed by atoms with van der Waals surface area (Å²) in [6, 6.07) is 21.1. The molecule has 1 heterocycles. The summed E-state index contributed by atoms with van der Waals surface area (Å²) in [7, 11) is 0. The van der Waals surface area contributed by atoms with E-state index >= 15 is 0 Å². The molecule has 0 saturated heterocycles. The first-order valence-corrected chi connectivity index (χ1v) is 11.7. The Hall–Kier alpha value is -3.19. The van der Waals surface area contributed by atoms with Crippen molar-refractivity contribution < 1.29 is 9.18 Å². The summed E-state index contributed by atoms with van der Waals surface area (Å²) in [4.78, 5) is 12.6. The molecule has 0 aliphatic heterocycles. The van der Waals surface area contributed by atoms with Crippen molar-refractivity contribution in [3.05, 3.63) is 78.1 Å². The van der Waals surface area contributed by atoms with Gasteiger partial charge >= 0.3 is 0 Å². The number of benzene rings is 3. The molecule has 162 valence electrons. The van der Waals surface area contributed by atoms with Crippen LogP contribution in [-0.2, 0) is 4.79 Å². The van der Waals surface area contributed by atoms with E-state index in [-0.39, 0.29) is 29.6 Å². The number of carbonyl (C=O) groups is 1. The second kappa shape index (κ2) is 8.74. The molecule has 1 aliphatic rings. The summed E-state index contributed by atoms with van der Waals surface area (Å²) in [6.07, 6.45) is 2.02. The van der Waals surface area contributed by atoms with E-state index in [1.807, 2.05) is 29.7 Å². The van der Waals surface area contributed by atoms with Crippen LogP contribution in [0.1, 0.15) is 37.4 Å². The maximum absolute atomic E-state index is 14.3. The lowest BCUT2D eigenvalue weighted by molar-refractivity contribution is -0.119. The first kappa shape index (κ1) is 20.7. The van der Waals surface area contributed by atoms with Gasteiger partial charge in [0.2, 0.25) is 5.91 Å². The largest absolute Gasteiger partial charge is 0.349 e. The number of amides is 1. The number of aromatic nitrogens is 3. The Kier molecular flexibility index (Phi) is 5.66. The molecular weight excluding hydrogens is 423 g/mol. The fourth-order valence-corrected chi connectivity index (χ4v) is 4.65. The van der Waals surface area contributed by atoms with Crippen molar-refractivity contribution in [2.24, 2.45) is 0 Å². The predicted molar refractivity (Wildman–Crippen MR) is 125 cm³/mol. The van der Waals surface area contributed by atoms with Crippen molar-refractivity contribution in [1.82, 2.24) is 20.1 Å². The predicted octanol–water partition coefficient (Wildman–Crippen LogP) is 5.54. The Bertz CT molecular complexity index is 1280. The lowest BCUT2D eigenvalue weighted by atomic mass is 10.0. The first-order chi connectivity index (χ1) is 15.6. The second-order valence-electron chi connectivity index (χ2n) is 8.07. The lowest BCUT2D eigenvalue weighted by Crippen LogP contribution is -2.28. The van der Waals surface area contributed by atoms with E-state index in [0.29, 0.717) is 16.5 Å².